The number of nitrogens with one attached hydrogen (secondary N) is 1. The molecule has 0 bridgehead atoms. The zero-order valence-electron chi connectivity index (χ0n) is 17.3. The van der Waals surface area contributed by atoms with Crippen molar-refractivity contribution in [2.75, 3.05) is 5.32 Å². The Bertz CT molecular complexity index is 1480. The van der Waals surface area contributed by atoms with Crippen LogP contribution in [-0.2, 0) is 4.79 Å². The molecule has 0 unspecified atom stereocenters. The molecule has 33 heavy (non-hydrogen) atoms. The number of amides is 1. The van der Waals surface area contributed by atoms with Crippen molar-refractivity contribution in [1.29, 1.82) is 0 Å². The lowest BCUT2D eigenvalue weighted by atomic mass is 10.1. The van der Waals surface area contributed by atoms with Crippen LogP contribution in [0.1, 0.15) is 12.1 Å². The number of pyridine rings is 1. The standard InChI is InChI=1S/C26H18F2N4O/c27-26(28)32-22-9-2-1-8-21(22)31-25(32)19-10-13-20(14-11-19)30-23(33)15-12-18-6-3-5-17-7-4-16-29-24(17)18/h1-16,26H,(H,30,33)/b15-12+. The third-order valence-electron chi connectivity index (χ3n) is 5.28. The van der Waals surface area contributed by atoms with Crippen LogP contribution in [0, 0.1) is 0 Å². The topological polar surface area (TPSA) is 59.8 Å². The molecule has 5 nitrogen and oxygen atoms in total. The Morgan fingerprint density at radius 3 is 2.55 bits per heavy atom. The van der Waals surface area contributed by atoms with Crippen LogP contribution in [0.4, 0.5) is 14.5 Å². The van der Waals surface area contributed by atoms with Crippen molar-refractivity contribution < 1.29 is 13.6 Å². The zero-order chi connectivity index (χ0) is 22.8. The highest BCUT2D eigenvalue weighted by molar-refractivity contribution is 6.03. The minimum atomic E-state index is -2.72. The molecule has 0 aliphatic rings. The molecule has 2 heterocycles. The van der Waals surface area contributed by atoms with Crippen LogP contribution in [0.15, 0.2) is 91.1 Å². The Morgan fingerprint density at radius 2 is 1.73 bits per heavy atom. The van der Waals surface area contributed by atoms with E-state index >= 15 is 0 Å². The largest absolute Gasteiger partial charge is 0.323 e. The predicted molar refractivity (Wildman–Crippen MR) is 126 cm³/mol. The predicted octanol–water partition coefficient (Wildman–Crippen LogP) is 6.30. The van der Waals surface area contributed by atoms with Gasteiger partial charge in [0.25, 0.3) is 0 Å². The summed E-state index contributed by atoms with van der Waals surface area (Å²) in [6.45, 7) is -2.72. The van der Waals surface area contributed by atoms with Gasteiger partial charge in [-0.25, -0.2) is 4.98 Å². The molecule has 0 atom stereocenters. The van der Waals surface area contributed by atoms with E-state index < -0.39 is 6.55 Å². The number of hydrogen-bond donors (Lipinski definition) is 1. The fourth-order valence-electron chi connectivity index (χ4n) is 3.76. The molecule has 0 saturated carbocycles. The van der Waals surface area contributed by atoms with Crippen molar-refractivity contribution >= 4 is 39.6 Å². The van der Waals surface area contributed by atoms with Gasteiger partial charge in [-0.05, 0) is 48.5 Å². The van der Waals surface area contributed by atoms with Gasteiger partial charge in [-0.2, -0.15) is 8.78 Å². The van der Waals surface area contributed by atoms with Gasteiger partial charge in [0.2, 0.25) is 5.91 Å². The molecule has 0 spiro atoms. The smallest absolute Gasteiger partial charge is 0.320 e. The summed E-state index contributed by atoms with van der Waals surface area (Å²) in [6.07, 6.45) is 4.86. The van der Waals surface area contributed by atoms with Crippen LogP contribution in [0.5, 0.6) is 0 Å². The first kappa shape index (κ1) is 20.5. The van der Waals surface area contributed by atoms with Gasteiger partial charge in [-0.15, -0.1) is 0 Å². The molecule has 3 aromatic carbocycles. The third kappa shape index (κ3) is 4.08. The summed E-state index contributed by atoms with van der Waals surface area (Å²) >= 11 is 0. The summed E-state index contributed by atoms with van der Waals surface area (Å²) in [7, 11) is 0. The second-order valence-electron chi connectivity index (χ2n) is 7.39. The van der Waals surface area contributed by atoms with E-state index in [9.17, 15) is 13.6 Å². The number of alkyl halides is 2. The molecular formula is C26H18F2N4O. The monoisotopic (exact) mass is 440 g/mol. The number of fused-ring (bicyclic) bond motifs is 2. The zero-order valence-corrected chi connectivity index (χ0v) is 17.3. The van der Waals surface area contributed by atoms with Crippen LogP contribution in [-0.4, -0.2) is 20.4 Å². The second kappa shape index (κ2) is 8.63. The first-order valence-corrected chi connectivity index (χ1v) is 10.3. The molecule has 0 aliphatic heterocycles. The number of carbonyl (C=O) groups is 1. The maximum absolute atomic E-state index is 13.7. The molecule has 1 amide bonds. The van der Waals surface area contributed by atoms with E-state index in [2.05, 4.69) is 15.3 Å². The van der Waals surface area contributed by atoms with Gasteiger partial charge in [0.15, 0.2) is 0 Å². The van der Waals surface area contributed by atoms with Crippen molar-refractivity contribution in [1.82, 2.24) is 14.5 Å². The molecule has 0 saturated heterocycles. The Labute approximate surface area is 188 Å². The quantitative estimate of drug-likeness (QED) is 0.326. The van der Waals surface area contributed by atoms with Gasteiger partial charge in [0, 0.05) is 34.5 Å². The minimum absolute atomic E-state index is 0.174. The van der Waals surface area contributed by atoms with Crippen molar-refractivity contribution in [2.24, 2.45) is 0 Å². The number of imidazole rings is 1. The lowest BCUT2D eigenvalue weighted by molar-refractivity contribution is -0.111. The van der Waals surface area contributed by atoms with Crippen LogP contribution >= 0.6 is 0 Å². The van der Waals surface area contributed by atoms with Gasteiger partial charge in [0.1, 0.15) is 5.82 Å². The van der Waals surface area contributed by atoms with Crippen molar-refractivity contribution in [3.63, 3.8) is 0 Å². The van der Waals surface area contributed by atoms with E-state index in [-0.39, 0.29) is 11.7 Å². The fraction of sp³-hybridized carbons (Fsp3) is 0.0385. The Morgan fingerprint density at radius 1 is 0.939 bits per heavy atom. The van der Waals surface area contributed by atoms with Crippen LogP contribution < -0.4 is 5.32 Å². The van der Waals surface area contributed by atoms with Crippen LogP contribution in [0.2, 0.25) is 0 Å². The van der Waals surface area contributed by atoms with Crippen molar-refractivity contribution in [3.05, 3.63) is 96.7 Å². The first-order chi connectivity index (χ1) is 16.1. The van der Waals surface area contributed by atoms with E-state index in [1.807, 2.05) is 30.3 Å². The number of benzene rings is 3. The normalized spacial score (nSPS) is 11.6. The molecule has 5 aromatic rings. The maximum atomic E-state index is 13.7. The number of nitrogens with zero attached hydrogens (tertiary/aromatic N) is 3. The molecule has 0 aliphatic carbocycles. The number of rotatable bonds is 5. The molecule has 0 fully saturated rings. The number of para-hydroxylation sites is 3. The van der Waals surface area contributed by atoms with E-state index in [4.69, 9.17) is 0 Å². The first-order valence-electron chi connectivity index (χ1n) is 10.3. The Kier molecular flexibility index (Phi) is 5.36. The van der Waals surface area contributed by atoms with Gasteiger partial charge >= 0.3 is 6.55 Å². The van der Waals surface area contributed by atoms with Crippen LogP contribution in [0.25, 0.3) is 39.4 Å². The fourth-order valence-corrected chi connectivity index (χ4v) is 3.76. The van der Waals surface area contributed by atoms with E-state index in [0.717, 1.165) is 21.0 Å². The highest BCUT2D eigenvalue weighted by atomic mass is 19.3. The lowest BCUT2D eigenvalue weighted by Gasteiger charge is -2.09. The minimum Gasteiger partial charge on any atom is -0.323 e. The Hall–Kier alpha value is -4.39. The van der Waals surface area contributed by atoms with E-state index in [1.54, 1.807) is 60.8 Å². The summed E-state index contributed by atoms with van der Waals surface area (Å²) in [5, 5.41) is 3.77. The average molecular weight is 440 g/mol. The van der Waals surface area contributed by atoms with Gasteiger partial charge in [-0.3, -0.25) is 14.3 Å². The summed E-state index contributed by atoms with van der Waals surface area (Å²) < 4.78 is 28.3. The SMILES string of the molecule is O=C(/C=C/c1cccc2cccnc12)Nc1ccc(-c2nc3ccccc3n2C(F)F)cc1. The Balaban J connectivity index is 1.35. The summed E-state index contributed by atoms with van der Waals surface area (Å²) in [5.74, 6) is -0.136. The van der Waals surface area contributed by atoms with Gasteiger partial charge < -0.3 is 5.32 Å². The maximum Gasteiger partial charge on any atom is 0.320 e. The van der Waals surface area contributed by atoms with Crippen molar-refractivity contribution in [2.45, 2.75) is 6.55 Å². The highest BCUT2D eigenvalue weighted by Crippen LogP contribution is 2.30. The number of halogens is 2. The molecule has 0 radical (unpaired) electrons. The third-order valence-corrected chi connectivity index (χ3v) is 5.28. The summed E-state index contributed by atoms with van der Waals surface area (Å²) in [5.41, 5.74) is 3.59. The number of hydrogen-bond acceptors (Lipinski definition) is 3. The number of anilines is 1. The molecule has 5 rings (SSSR count). The van der Waals surface area contributed by atoms with Gasteiger partial charge in [0.05, 0.1) is 16.6 Å². The molecule has 162 valence electrons. The second-order valence-corrected chi connectivity index (χ2v) is 7.39. The summed E-state index contributed by atoms with van der Waals surface area (Å²) in [6, 6.07) is 23.0. The highest BCUT2D eigenvalue weighted by Gasteiger charge is 2.18. The van der Waals surface area contributed by atoms with E-state index in [0.29, 0.717) is 22.3 Å². The van der Waals surface area contributed by atoms with Gasteiger partial charge in [-0.1, -0.05) is 36.4 Å². The lowest BCUT2D eigenvalue weighted by Crippen LogP contribution is -2.07. The number of carbonyl (C=O) groups excluding carboxylic acids is 1. The summed E-state index contributed by atoms with van der Waals surface area (Å²) in [4.78, 5) is 21.1. The average Bonchev–Trinajstić information content (AvgIpc) is 3.23. The molecule has 1 N–H and O–H groups in total. The number of aromatic nitrogens is 3. The van der Waals surface area contributed by atoms with E-state index in [1.165, 1.54) is 6.08 Å². The molecule has 7 heteroatoms. The molecular weight excluding hydrogens is 422 g/mol. The molecule has 2 aromatic heterocycles. The van der Waals surface area contributed by atoms with Crippen molar-refractivity contribution in [3.8, 4) is 11.4 Å². The van der Waals surface area contributed by atoms with Crippen LogP contribution in [0.3, 0.4) is 0 Å².